The minimum Gasteiger partial charge on any atom is -0.300 e. The van der Waals surface area contributed by atoms with Gasteiger partial charge >= 0.3 is 0 Å². The zero-order valence-electron chi connectivity index (χ0n) is 9.36. The number of nitrogens with one attached hydrogen (secondary N) is 2. The van der Waals surface area contributed by atoms with Crippen LogP contribution in [0.4, 0.5) is 5.13 Å². The van der Waals surface area contributed by atoms with Crippen LogP contribution in [-0.2, 0) is 4.79 Å². The number of aromatic nitrogens is 5. The van der Waals surface area contributed by atoms with Gasteiger partial charge in [-0.2, -0.15) is 15.6 Å². The molecule has 0 radical (unpaired) electrons. The molecule has 2 rings (SSSR count). The molecular formula is C8H7N7OS3. The molecule has 2 aromatic rings. The summed E-state index contributed by atoms with van der Waals surface area (Å²) in [6.45, 7) is 0. The van der Waals surface area contributed by atoms with Gasteiger partial charge in [0.25, 0.3) is 0 Å². The predicted octanol–water partition coefficient (Wildman–Crippen LogP) is 1.00. The lowest BCUT2D eigenvalue weighted by atomic mass is 10.7. The third-order valence-electron chi connectivity index (χ3n) is 1.66. The number of H-pyrrole nitrogens is 1. The first-order valence-electron chi connectivity index (χ1n) is 4.89. The normalized spacial score (nSPS) is 10.1. The third kappa shape index (κ3) is 4.51. The number of anilines is 1. The summed E-state index contributed by atoms with van der Waals surface area (Å²) in [5.74, 6) is 0.332. The Kier molecular flexibility index (Phi) is 5.13. The van der Waals surface area contributed by atoms with Crippen LogP contribution < -0.4 is 5.32 Å². The van der Waals surface area contributed by atoms with E-state index >= 15 is 0 Å². The van der Waals surface area contributed by atoms with Gasteiger partial charge in [-0.15, -0.1) is 15.3 Å². The van der Waals surface area contributed by atoms with Crippen molar-refractivity contribution < 1.29 is 4.79 Å². The van der Waals surface area contributed by atoms with Gasteiger partial charge in [-0.25, -0.2) is 0 Å². The maximum absolute atomic E-state index is 11.6. The topological polar surface area (TPSA) is 120 Å². The van der Waals surface area contributed by atoms with Crippen molar-refractivity contribution in [1.29, 1.82) is 5.26 Å². The van der Waals surface area contributed by atoms with E-state index in [4.69, 9.17) is 5.26 Å². The van der Waals surface area contributed by atoms with E-state index in [1.807, 2.05) is 6.07 Å². The molecule has 0 saturated carbocycles. The molecule has 0 atom stereocenters. The molecule has 1 amide bonds. The maximum atomic E-state index is 11.6. The van der Waals surface area contributed by atoms with Crippen LogP contribution in [0.25, 0.3) is 0 Å². The van der Waals surface area contributed by atoms with Crippen molar-refractivity contribution in [2.75, 3.05) is 16.8 Å². The van der Waals surface area contributed by atoms with Crippen molar-refractivity contribution in [1.82, 2.24) is 25.6 Å². The van der Waals surface area contributed by atoms with E-state index in [1.165, 1.54) is 34.9 Å². The van der Waals surface area contributed by atoms with Crippen LogP contribution in [0, 0.1) is 11.3 Å². The second-order valence-corrected chi connectivity index (χ2v) is 6.16. The van der Waals surface area contributed by atoms with E-state index in [9.17, 15) is 4.79 Å². The molecule has 19 heavy (non-hydrogen) atoms. The van der Waals surface area contributed by atoms with Crippen molar-refractivity contribution >= 4 is 45.9 Å². The standard InChI is InChI=1S/C8H7N7OS3/c9-1-2-17-8-14-13-7(19-8)11-5(16)4-18-6-3-10-15-12-6/h3H,2,4H2,(H,10,12,15)(H,11,13,16). The number of hydrogen-bond acceptors (Lipinski definition) is 9. The Morgan fingerprint density at radius 3 is 3.16 bits per heavy atom. The van der Waals surface area contributed by atoms with Crippen LogP contribution in [0.1, 0.15) is 0 Å². The molecule has 2 aromatic heterocycles. The fourth-order valence-corrected chi connectivity index (χ4v) is 2.98. The molecule has 0 fully saturated rings. The third-order valence-corrected chi connectivity index (χ3v) is 4.39. The summed E-state index contributed by atoms with van der Waals surface area (Å²) in [6.07, 6.45) is 1.54. The molecule has 0 spiro atoms. The molecule has 11 heteroatoms. The summed E-state index contributed by atoms with van der Waals surface area (Å²) in [4.78, 5) is 11.6. The summed E-state index contributed by atoms with van der Waals surface area (Å²) in [6, 6.07) is 2.00. The van der Waals surface area contributed by atoms with Crippen molar-refractivity contribution in [3.8, 4) is 6.07 Å². The van der Waals surface area contributed by atoms with Crippen molar-refractivity contribution in [2.45, 2.75) is 9.37 Å². The van der Waals surface area contributed by atoms with Crippen LogP contribution in [0.15, 0.2) is 15.6 Å². The summed E-state index contributed by atoms with van der Waals surface area (Å²) in [5.41, 5.74) is 0. The largest absolute Gasteiger partial charge is 0.300 e. The SMILES string of the molecule is N#CCSc1nnc(NC(=O)CSc2cn[nH]n2)s1. The Morgan fingerprint density at radius 2 is 2.42 bits per heavy atom. The number of nitriles is 1. The van der Waals surface area contributed by atoms with E-state index in [0.29, 0.717) is 20.3 Å². The van der Waals surface area contributed by atoms with Gasteiger partial charge in [0.15, 0.2) is 4.34 Å². The van der Waals surface area contributed by atoms with E-state index in [0.717, 1.165) is 0 Å². The molecule has 2 N–H and O–H groups in total. The van der Waals surface area contributed by atoms with Gasteiger partial charge in [-0.1, -0.05) is 34.9 Å². The van der Waals surface area contributed by atoms with E-state index in [1.54, 1.807) is 6.20 Å². The zero-order chi connectivity index (χ0) is 13.5. The summed E-state index contributed by atoms with van der Waals surface area (Å²) in [7, 11) is 0. The second-order valence-electron chi connectivity index (χ2n) is 2.97. The smallest absolute Gasteiger partial charge is 0.236 e. The minimum atomic E-state index is -0.194. The molecule has 0 aliphatic heterocycles. The Balaban J connectivity index is 1.78. The van der Waals surface area contributed by atoms with Gasteiger partial charge < -0.3 is 0 Å². The van der Waals surface area contributed by atoms with Gasteiger partial charge in [0.2, 0.25) is 11.0 Å². The van der Waals surface area contributed by atoms with Crippen molar-refractivity contribution in [2.24, 2.45) is 0 Å². The molecule has 0 aliphatic carbocycles. The zero-order valence-corrected chi connectivity index (χ0v) is 11.8. The van der Waals surface area contributed by atoms with Gasteiger partial charge in [0.1, 0.15) is 5.03 Å². The highest BCUT2D eigenvalue weighted by Crippen LogP contribution is 2.25. The Bertz CT molecular complexity index is 575. The molecule has 8 nitrogen and oxygen atoms in total. The molecule has 0 unspecified atom stereocenters. The first-order valence-corrected chi connectivity index (χ1v) is 7.68. The lowest BCUT2D eigenvalue weighted by Crippen LogP contribution is -2.13. The van der Waals surface area contributed by atoms with E-state index in [-0.39, 0.29) is 11.7 Å². The molecule has 0 aliphatic rings. The minimum absolute atomic E-state index is 0.194. The van der Waals surface area contributed by atoms with Crippen LogP contribution in [0.2, 0.25) is 0 Å². The quantitative estimate of drug-likeness (QED) is 0.598. The highest BCUT2D eigenvalue weighted by molar-refractivity contribution is 8.01. The number of thioether (sulfide) groups is 2. The Morgan fingerprint density at radius 1 is 1.53 bits per heavy atom. The summed E-state index contributed by atoms with van der Waals surface area (Å²) < 4.78 is 0.654. The predicted molar refractivity (Wildman–Crippen MR) is 72.0 cm³/mol. The molecule has 0 saturated heterocycles. The maximum Gasteiger partial charge on any atom is 0.236 e. The fourth-order valence-electron chi connectivity index (χ4n) is 0.968. The molecular weight excluding hydrogens is 306 g/mol. The number of nitrogens with zero attached hydrogens (tertiary/aromatic N) is 5. The Labute approximate surface area is 120 Å². The lowest BCUT2D eigenvalue weighted by molar-refractivity contribution is -0.113. The molecule has 98 valence electrons. The van der Waals surface area contributed by atoms with Crippen LogP contribution in [0.3, 0.4) is 0 Å². The lowest BCUT2D eigenvalue weighted by Gasteiger charge is -1.98. The first-order chi connectivity index (χ1) is 9.28. The van der Waals surface area contributed by atoms with Crippen LogP contribution >= 0.6 is 34.9 Å². The second kappa shape index (κ2) is 7.07. The van der Waals surface area contributed by atoms with E-state index in [2.05, 4.69) is 30.9 Å². The van der Waals surface area contributed by atoms with Gasteiger partial charge in [-0.05, 0) is 0 Å². The fraction of sp³-hybridized carbons (Fsp3) is 0.250. The molecule has 2 heterocycles. The monoisotopic (exact) mass is 313 g/mol. The van der Waals surface area contributed by atoms with Gasteiger partial charge in [0, 0.05) is 0 Å². The number of carbonyl (C=O) groups excluding carboxylic acids is 1. The summed E-state index contributed by atoms with van der Waals surface area (Å²) in [5, 5.41) is 29.7. The number of amides is 1. The number of aromatic amines is 1. The van der Waals surface area contributed by atoms with Crippen molar-refractivity contribution in [3.63, 3.8) is 0 Å². The summed E-state index contributed by atoms with van der Waals surface area (Å²) >= 11 is 3.79. The average Bonchev–Trinajstić information content (AvgIpc) is 3.05. The van der Waals surface area contributed by atoms with Crippen LogP contribution in [0.5, 0.6) is 0 Å². The van der Waals surface area contributed by atoms with E-state index < -0.39 is 0 Å². The number of rotatable bonds is 6. The number of carbonyl (C=O) groups is 1. The average molecular weight is 313 g/mol. The molecule has 0 bridgehead atoms. The Hall–Kier alpha value is -1.64. The molecule has 0 aromatic carbocycles. The van der Waals surface area contributed by atoms with Crippen molar-refractivity contribution in [3.05, 3.63) is 6.20 Å². The first kappa shape index (κ1) is 13.8. The highest BCUT2D eigenvalue weighted by Gasteiger charge is 2.09. The van der Waals surface area contributed by atoms with Gasteiger partial charge in [-0.3, -0.25) is 10.1 Å². The van der Waals surface area contributed by atoms with Crippen LogP contribution in [-0.4, -0.2) is 43.0 Å². The number of hydrogen-bond donors (Lipinski definition) is 2. The van der Waals surface area contributed by atoms with Gasteiger partial charge in [0.05, 0.1) is 23.8 Å². The highest BCUT2D eigenvalue weighted by atomic mass is 32.2.